The van der Waals surface area contributed by atoms with Gasteiger partial charge in [-0.2, -0.15) is 4.98 Å². The lowest BCUT2D eigenvalue weighted by molar-refractivity contribution is -0.133. The molecule has 28 heavy (non-hydrogen) atoms. The minimum Gasteiger partial charge on any atom is -0.503 e. The highest BCUT2D eigenvalue weighted by Gasteiger charge is 2.19. The van der Waals surface area contributed by atoms with E-state index in [4.69, 9.17) is 18.9 Å². The zero-order valence-electron chi connectivity index (χ0n) is 15.2. The SMILES string of the molecule is COC=C(C(=O)OC)c1ccccc1Oc1nncc(Oc2ccccc2)n1. The van der Waals surface area contributed by atoms with Crippen LogP contribution in [0.1, 0.15) is 5.56 Å². The van der Waals surface area contributed by atoms with E-state index in [2.05, 4.69) is 15.2 Å². The molecule has 0 spiro atoms. The molecule has 8 heteroatoms. The topological polar surface area (TPSA) is 92.7 Å². The van der Waals surface area contributed by atoms with Gasteiger partial charge in [-0.15, -0.1) is 5.10 Å². The fourth-order valence-electron chi connectivity index (χ4n) is 2.30. The molecule has 0 amide bonds. The lowest BCUT2D eigenvalue weighted by Gasteiger charge is -2.11. The Balaban J connectivity index is 1.87. The van der Waals surface area contributed by atoms with Crippen molar-refractivity contribution in [3.63, 3.8) is 0 Å². The fraction of sp³-hybridized carbons (Fsp3) is 0.100. The van der Waals surface area contributed by atoms with Crippen molar-refractivity contribution in [2.45, 2.75) is 0 Å². The highest BCUT2D eigenvalue weighted by Crippen LogP contribution is 2.30. The van der Waals surface area contributed by atoms with Crippen LogP contribution in [0.4, 0.5) is 0 Å². The molecule has 3 rings (SSSR count). The van der Waals surface area contributed by atoms with Gasteiger partial charge in [-0.05, 0) is 18.2 Å². The molecular formula is C20H17N3O5. The van der Waals surface area contributed by atoms with Crippen molar-refractivity contribution >= 4 is 11.5 Å². The predicted octanol–water partition coefficient (Wildman–Crippen LogP) is 3.62. The normalized spacial score (nSPS) is 10.9. The molecule has 0 aliphatic carbocycles. The van der Waals surface area contributed by atoms with Crippen LogP contribution in [0.3, 0.4) is 0 Å². The maximum absolute atomic E-state index is 12.1. The molecule has 8 nitrogen and oxygen atoms in total. The molecule has 1 heterocycles. The molecule has 0 radical (unpaired) electrons. The van der Waals surface area contributed by atoms with Gasteiger partial charge in [0.05, 0.1) is 20.5 Å². The third-order valence-electron chi connectivity index (χ3n) is 3.50. The molecule has 0 fully saturated rings. The Morgan fingerprint density at radius 2 is 1.71 bits per heavy atom. The van der Waals surface area contributed by atoms with Gasteiger partial charge in [0.2, 0.25) is 5.88 Å². The summed E-state index contributed by atoms with van der Waals surface area (Å²) >= 11 is 0. The Labute approximate surface area is 161 Å². The van der Waals surface area contributed by atoms with Crippen molar-refractivity contribution < 1.29 is 23.7 Å². The van der Waals surface area contributed by atoms with Crippen LogP contribution < -0.4 is 9.47 Å². The number of esters is 1. The zero-order valence-corrected chi connectivity index (χ0v) is 15.2. The van der Waals surface area contributed by atoms with E-state index in [1.165, 1.54) is 26.7 Å². The first kappa shape index (κ1) is 18.8. The van der Waals surface area contributed by atoms with Crippen LogP contribution in [-0.4, -0.2) is 35.4 Å². The van der Waals surface area contributed by atoms with E-state index in [-0.39, 0.29) is 17.5 Å². The Kier molecular flexibility index (Phi) is 6.14. The molecule has 2 aromatic carbocycles. The van der Waals surface area contributed by atoms with Crippen molar-refractivity contribution in [3.8, 4) is 23.4 Å². The first-order chi connectivity index (χ1) is 13.7. The second-order valence-corrected chi connectivity index (χ2v) is 5.35. The number of benzene rings is 2. The van der Waals surface area contributed by atoms with Gasteiger partial charge in [0.25, 0.3) is 0 Å². The summed E-state index contributed by atoms with van der Waals surface area (Å²) in [5, 5.41) is 7.70. The Morgan fingerprint density at radius 1 is 0.964 bits per heavy atom. The number of aromatic nitrogens is 3. The molecule has 0 aliphatic rings. The Morgan fingerprint density at radius 3 is 2.46 bits per heavy atom. The number of ether oxygens (including phenoxy) is 4. The van der Waals surface area contributed by atoms with Gasteiger partial charge in [0, 0.05) is 5.56 Å². The number of nitrogens with zero attached hydrogens (tertiary/aromatic N) is 3. The second kappa shape index (κ2) is 9.13. The summed E-state index contributed by atoms with van der Waals surface area (Å²) in [6, 6.07) is 15.9. The van der Waals surface area contributed by atoms with E-state index in [1.54, 1.807) is 36.4 Å². The van der Waals surface area contributed by atoms with Crippen LogP contribution >= 0.6 is 0 Å². The van der Waals surface area contributed by atoms with Crippen LogP contribution in [-0.2, 0) is 14.3 Å². The lowest BCUT2D eigenvalue weighted by Crippen LogP contribution is -2.06. The Bertz CT molecular complexity index is 976. The number of hydrogen-bond donors (Lipinski definition) is 0. The molecule has 1 aromatic heterocycles. The fourth-order valence-corrected chi connectivity index (χ4v) is 2.30. The van der Waals surface area contributed by atoms with Crippen LogP contribution in [0.15, 0.2) is 67.1 Å². The van der Waals surface area contributed by atoms with E-state index in [0.29, 0.717) is 17.1 Å². The number of carbonyl (C=O) groups excluding carboxylic acids is 1. The third-order valence-corrected chi connectivity index (χ3v) is 3.50. The van der Waals surface area contributed by atoms with E-state index in [9.17, 15) is 4.79 Å². The molecule has 0 aliphatic heterocycles. The van der Waals surface area contributed by atoms with Crippen LogP contribution in [0.2, 0.25) is 0 Å². The highest BCUT2D eigenvalue weighted by molar-refractivity contribution is 6.17. The van der Waals surface area contributed by atoms with E-state index in [1.807, 2.05) is 18.2 Å². The molecule has 0 saturated carbocycles. The minimum absolute atomic E-state index is 0.0393. The van der Waals surface area contributed by atoms with E-state index in [0.717, 1.165) is 0 Å². The molecule has 3 aromatic rings. The highest BCUT2D eigenvalue weighted by atomic mass is 16.5. The average Bonchev–Trinajstić information content (AvgIpc) is 2.73. The van der Waals surface area contributed by atoms with Gasteiger partial charge in [0.1, 0.15) is 23.3 Å². The monoisotopic (exact) mass is 379 g/mol. The minimum atomic E-state index is -0.571. The summed E-state index contributed by atoms with van der Waals surface area (Å²) in [6.45, 7) is 0. The van der Waals surface area contributed by atoms with Crippen molar-refractivity contribution in [1.82, 2.24) is 15.2 Å². The summed E-state index contributed by atoms with van der Waals surface area (Å²) in [5.74, 6) is 0.577. The van der Waals surface area contributed by atoms with Gasteiger partial charge in [-0.25, -0.2) is 4.79 Å². The quantitative estimate of drug-likeness (QED) is 0.349. The summed E-state index contributed by atoms with van der Waals surface area (Å²) in [7, 11) is 2.72. The smallest absolute Gasteiger partial charge is 0.344 e. The largest absolute Gasteiger partial charge is 0.503 e. The van der Waals surface area contributed by atoms with Crippen molar-refractivity contribution in [1.29, 1.82) is 0 Å². The van der Waals surface area contributed by atoms with Crippen molar-refractivity contribution in [3.05, 3.63) is 72.6 Å². The van der Waals surface area contributed by atoms with Crippen LogP contribution in [0, 0.1) is 0 Å². The molecule has 0 N–H and O–H groups in total. The molecule has 0 saturated heterocycles. The molecule has 142 valence electrons. The summed E-state index contributed by atoms with van der Waals surface area (Å²) in [6.07, 6.45) is 2.65. The first-order valence-electron chi connectivity index (χ1n) is 8.22. The lowest BCUT2D eigenvalue weighted by atomic mass is 10.1. The van der Waals surface area contributed by atoms with Gasteiger partial charge in [-0.3, -0.25) is 0 Å². The molecular weight excluding hydrogens is 362 g/mol. The van der Waals surface area contributed by atoms with Gasteiger partial charge in [0.15, 0.2) is 0 Å². The number of para-hydroxylation sites is 2. The van der Waals surface area contributed by atoms with Gasteiger partial charge in [-0.1, -0.05) is 41.5 Å². The van der Waals surface area contributed by atoms with E-state index < -0.39 is 5.97 Å². The van der Waals surface area contributed by atoms with E-state index >= 15 is 0 Å². The summed E-state index contributed by atoms with van der Waals surface area (Å²) < 4.78 is 21.2. The van der Waals surface area contributed by atoms with Gasteiger partial charge >= 0.3 is 12.0 Å². The number of methoxy groups -OCH3 is 2. The van der Waals surface area contributed by atoms with Crippen molar-refractivity contribution in [2.24, 2.45) is 0 Å². The maximum atomic E-state index is 12.1. The average molecular weight is 379 g/mol. The third kappa shape index (κ3) is 4.61. The van der Waals surface area contributed by atoms with Crippen LogP contribution in [0.25, 0.3) is 5.57 Å². The summed E-state index contributed by atoms with van der Waals surface area (Å²) in [5.41, 5.74) is 0.638. The number of hydrogen-bond acceptors (Lipinski definition) is 8. The zero-order chi connectivity index (χ0) is 19.8. The maximum Gasteiger partial charge on any atom is 0.344 e. The molecule has 0 unspecified atom stereocenters. The Hall–Kier alpha value is -3.94. The van der Waals surface area contributed by atoms with Gasteiger partial charge < -0.3 is 18.9 Å². The molecule has 0 bridgehead atoms. The predicted molar refractivity (Wildman–Crippen MR) is 99.9 cm³/mol. The molecule has 0 atom stereocenters. The first-order valence-corrected chi connectivity index (χ1v) is 8.22. The number of carbonyl (C=O) groups is 1. The van der Waals surface area contributed by atoms with Crippen LogP contribution in [0.5, 0.6) is 23.4 Å². The summed E-state index contributed by atoms with van der Waals surface area (Å²) in [4.78, 5) is 16.3. The number of rotatable bonds is 7. The standard InChI is InChI=1S/C20H17N3O5/c1-25-13-16(19(24)26-2)15-10-6-7-11-17(15)28-20-22-18(12-21-23-20)27-14-8-4-3-5-9-14/h3-13H,1-2H3. The second-order valence-electron chi connectivity index (χ2n) is 5.35. The van der Waals surface area contributed by atoms with Crippen molar-refractivity contribution in [2.75, 3.05) is 14.2 Å².